The van der Waals surface area contributed by atoms with Crippen LogP contribution in [0.3, 0.4) is 0 Å². The van der Waals surface area contributed by atoms with Crippen molar-refractivity contribution >= 4 is 15.8 Å². The molecule has 118 valence electrons. The van der Waals surface area contributed by atoms with Gasteiger partial charge in [0.25, 0.3) is 0 Å². The number of pyridine rings is 1. The van der Waals surface area contributed by atoms with Crippen LogP contribution in [0.2, 0.25) is 0 Å². The third-order valence-electron chi connectivity index (χ3n) is 3.77. The first-order chi connectivity index (χ1) is 9.96. The van der Waals surface area contributed by atoms with E-state index in [0.29, 0.717) is 12.4 Å². The van der Waals surface area contributed by atoms with Gasteiger partial charge in [-0.3, -0.25) is 0 Å². The molecule has 6 nitrogen and oxygen atoms in total. The Balaban J connectivity index is 2.22. The van der Waals surface area contributed by atoms with Crippen LogP contribution in [0.1, 0.15) is 26.7 Å². The van der Waals surface area contributed by atoms with E-state index in [2.05, 4.69) is 10.3 Å². The summed E-state index contributed by atoms with van der Waals surface area (Å²) in [5.41, 5.74) is 0. The zero-order valence-corrected chi connectivity index (χ0v) is 13.6. The minimum Gasteiger partial charge on any atom is -0.377 e. The highest BCUT2D eigenvalue weighted by molar-refractivity contribution is 7.89. The summed E-state index contributed by atoms with van der Waals surface area (Å²) < 4.78 is 32.3. The number of anilines is 1. The summed E-state index contributed by atoms with van der Waals surface area (Å²) in [5, 5.41) is 3.11. The van der Waals surface area contributed by atoms with Gasteiger partial charge in [-0.25, -0.2) is 13.4 Å². The zero-order valence-electron chi connectivity index (χ0n) is 12.7. The van der Waals surface area contributed by atoms with Crippen LogP contribution < -0.4 is 5.32 Å². The van der Waals surface area contributed by atoms with Gasteiger partial charge >= 0.3 is 0 Å². The van der Waals surface area contributed by atoms with Crippen LogP contribution in [0, 0.1) is 0 Å². The number of rotatable bonds is 6. The number of ether oxygens (including phenoxy) is 1. The Hall–Kier alpha value is -1.18. The van der Waals surface area contributed by atoms with E-state index in [1.165, 1.54) is 16.6 Å². The fourth-order valence-corrected chi connectivity index (χ4v) is 3.92. The van der Waals surface area contributed by atoms with Gasteiger partial charge in [0.05, 0.1) is 17.0 Å². The van der Waals surface area contributed by atoms with Crippen LogP contribution in [-0.2, 0) is 14.8 Å². The number of nitrogens with zero attached hydrogens (tertiary/aromatic N) is 2. The highest BCUT2D eigenvalue weighted by Gasteiger charge is 2.35. The largest absolute Gasteiger partial charge is 0.377 e. The van der Waals surface area contributed by atoms with Gasteiger partial charge in [0.15, 0.2) is 0 Å². The van der Waals surface area contributed by atoms with Gasteiger partial charge in [0.1, 0.15) is 5.82 Å². The second-order valence-electron chi connectivity index (χ2n) is 5.26. The van der Waals surface area contributed by atoms with Crippen LogP contribution in [0.5, 0.6) is 0 Å². The second-order valence-corrected chi connectivity index (χ2v) is 7.25. The van der Waals surface area contributed by atoms with Crippen molar-refractivity contribution in [2.24, 2.45) is 0 Å². The molecule has 0 radical (unpaired) electrons. The Morgan fingerprint density at radius 1 is 1.52 bits per heavy atom. The molecule has 1 aromatic heterocycles. The van der Waals surface area contributed by atoms with Crippen LogP contribution >= 0.6 is 0 Å². The van der Waals surface area contributed by atoms with Gasteiger partial charge in [0.2, 0.25) is 10.0 Å². The van der Waals surface area contributed by atoms with Gasteiger partial charge in [-0.1, -0.05) is 6.92 Å². The maximum Gasteiger partial charge on any atom is 0.243 e. The maximum absolute atomic E-state index is 12.7. The van der Waals surface area contributed by atoms with E-state index in [1.807, 2.05) is 13.8 Å². The fraction of sp³-hybridized carbons (Fsp3) is 0.643. The molecule has 0 aliphatic carbocycles. The van der Waals surface area contributed by atoms with E-state index in [1.54, 1.807) is 13.1 Å². The third kappa shape index (κ3) is 3.53. The third-order valence-corrected chi connectivity index (χ3v) is 5.65. The Morgan fingerprint density at radius 2 is 2.29 bits per heavy atom. The smallest absolute Gasteiger partial charge is 0.243 e. The van der Waals surface area contributed by atoms with Crippen molar-refractivity contribution in [2.75, 3.05) is 25.5 Å². The van der Waals surface area contributed by atoms with E-state index in [4.69, 9.17) is 4.74 Å². The highest BCUT2D eigenvalue weighted by Crippen LogP contribution is 2.25. The van der Waals surface area contributed by atoms with Crippen LogP contribution in [0.4, 0.5) is 5.82 Å². The molecule has 1 aliphatic heterocycles. The molecule has 7 heteroatoms. The number of sulfonamides is 1. The van der Waals surface area contributed by atoms with Crippen molar-refractivity contribution in [3.05, 3.63) is 18.3 Å². The lowest BCUT2D eigenvalue weighted by Crippen LogP contribution is -2.40. The molecule has 1 fully saturated rings. The predicted molar refractivity (Wildman–Crippen MR) is 81.8 cm³/mol. The second kappa shape index (κ2) is 6.72. The fourth-order valence-electron chi connectivity index (χ4n) is 2.46. The topological polar surface area (TPSA) is 71.5 Å². The average molecular weight is 313 g/mol. The molecular weight excluding hydrogens is 290 g/mol. The van der Waals surface area contributed by atoms with Gasteiger partial charge < -0.3 is 10.1 Å². The Labute approximate surface area is 126 Å². The molecule has 1 aromatic rings. The molecule has 1 saturated heterocycles. The van der Waals surface area contributed by atoms with E-state index in [0.717, 1.165) is 19.4 Å². The van der Waals surface area contributed by atoms with Crippen LogP contribution in [-0.4, -0.2) is 50.1 Å². The molecule has 0 aromatic carbocycles. The molecule has 21 heavy (non-hydrogen) atoms. The van der Waals surface area contributed by atoms with Crippen LogP contribution in [0.25, 0.3) is 0 Å². The first-order valence-electron chi connectivity index (χ1n) is 7.26. The summed E-state index contributed by atoms with van der Waals surface area (Å²) in [6, 6.07) is 3.00. The van der Waals surface area contributed by atoms with E-state index >= 15 is 0 Å². The SMILES string of the molecule is CCCNc1cc(S(=O)(=O)N(C)C2CCOC2C)ccn1. The summed E-state index contributed by atoms with van der Waals surface area (Å²) in [5.74, 6) is 0.585. The summed E-state index contributed by atoms with van der Waals surface area (Å²) >= 11 is 0. The Bertz CT molecular complexity index is 577. The summed E-state index contributed by atoms with van der Waals surface area (Å²) in [6.45, 7) is 5.32. The quantitative estimate of drug-likeness (QED) is 0.865. The lowest BCUT2D eigenvalue weighted by molar-refractivity contribution is 0.102. The van der Waals surface area contributed by atoms with Crippen molar-refractivity contribution in [2.45, 2.75) is 43.7 Å². The summed E-state index contributed by atoms with van der Waals surface area (Å²) in [6.07, 6.45) is 3.12. The number of hydrogen-bond donors (Lipinski definition) is 1. The molecule has 2 unspecified atom stereocenters. The number of aromatic nitrogens is 1. The molecule has 0 amide bonds. The number of likely N-dealkylation sites (N-methyl/N-ethyl adjacent to an activating group) is 1. The minimum absolute atomic E-state index is 0.0794. The lowest BCUT2D eigenvalue weighted by Gasteiger charge is -2.26. The molecule has 1 aliphatic rings. The zero-order chi connectivity index (χ0) is 15.5. The lowest BCUT2D eigenvalue weighted by atomic mass is 10.2. The molecule has 0 saturated carbocycles. The molecular formula is C14H23N3O3S. The summed E-state index contributed by atoms with van der Waals surface area (Å²) in [7, 11) is -1.91. The monoisotopic (exact) mass is 313 g/mol. The van der Waals surface area contributed by atoms with Gasteiger partial charge in [-0.2, -0.15) is 4.31 Å². The van der Waals surface area contributed by atoms with Gasteiger partial charge in [0, 0.05) is 32.5 Å². The highest BCUT2D eigenvalue weighted by atomic mass is 32.2. The molecule has 2 heterocycles. The first kappa shape index (κ1) is 16.2. The summed E-state index contributed by atoms with van der Waals surface area (Å²) in [4.78, 5) is 4.41. The van der Waals surface area contributed by atoms with E-state index in [-0.39, 0.29) is 17.0 Å². The Kier molecular flexibility index (Phi) is 5.18. The number of hydrogen-bond acceptors (Lipinski definition) is 5. The van der Waals surface area contributed by atoms with Crippen LogP contribution in [0.15, 0.2) is 23.2 Å². The molecule has 2 rings (SSSR count). The van der Waals surface area contributed by atoms with Gasteiger partial charge in [-0.05, 0) is 25.8 Å². The van der Waals surface area contributed by atoms with Crippen molar-refractivity contribution in [3.63, 3.8) is 0 Å². The Morgan fingerprint density at radius 3 is 2.90 bits per heavy atom. The first-order valence-corrected chi connectivity index (χ1v) is 8.70. The normalized spacial score (nSPS) is 22.7. The van der Waals surface area contributed by atoms with Crippen molar-refractivity contribution in [1.82, 2.24) is 9.29 Å². The molecule has 0 bridgehead atoms. The van der Waals surface area contributed by atoms with Crippen molar-refractivity contribution in [1.29, 1.82) is 0 Å². The average Bonchev–Trinajstić information content (AvgIpc) is 2.90. The molecule has 0 spiro atoms. The standard InChI is InChI=1S/C14H23N3O3S/c1-4-7-15-14-10-12(5-8-16-14)21(18,19)17(3)13-6-9-20-11(13)2/h5,8,10-11,13H,4,6-7,9H2,1-3H3,(H,15,16). The molecule has 2 atom stereocenters. The van der Waals surface area contributed by atoms with E-state index in [9.17, 15) is 8.42 Å². The van der Waals surface area contributed by atoms with Crippen molar-refractivity contribution in [3.8, 4) is 0 Å². The van der Waals surface area contributed by atoms with E-state index < -0.39 is 10.0 Å². The maximum atomic E-state index is 12.7. The predicted octanol–water partition coefficient (Wildman–Crippen LogP) is 1.70. The van der Waals surface area contributed by atoms with Crippen molar-refractivity contribution < 1.29 is 13.2 Å². The van der Waals surface area contributed by atoms with Gasteiger partial charge in [-0.15, -0.1) is 0 Å². The number of nitrogens with one attached hydrogen (secondary N) is 1. The molecule has 1 N–H and O–H groups in total. The minimum atomic E-state index is -3.53.